The SMILES string of the molecule is CC(CCCCCCC(=O)O)(CCCCCC(=O)O)C(=O)O. The van der Waals surface area contributed by atoms with Gasteiger partial charge in [-0.15, -0.1) is 0 Å². The van der Waals surface area contributed by atoms with E-state index in [2.05, 4.69) is 0 Å². The first-order valence-corrected chi connectivity index (χ1v) is 7.95. The molecule has 3 N–H and O–H groups in total. The normalized spacial score (nSPS) is 13.5. The van der Waals surface area contributed by atoms with Crippen LogP contribution < -0.4 is 0 Å². The van der Waals surface area contributed by atoms with Crippen LogP contribution in [-0.2, 0) is 14.4 Å². The highest BCUT2D eigenvalue weighted by Crippen LogP contribution is 2.31. The van der Waals surface area contributed by atoms with E-state index >= 15 is 0 Å². The van der Waals surface area contributed by atoms with Gasteiger partial charge in [0.05, 0.1) is 5.41 Å². The molecule has 0 aromatic heterocycles. The molecule has 128 valence electrons. The van der Waals surface area contributed by atoms with Crippen molar-refractivity contribution in [3.63, 3.8) is 0 Å². The fraction of sp³-hybridized carbons (Fsp3) is 0.812. The molecule has 22 heavy (non-hydrogen) atoms. The van der Waals surface area contributed by atoms with Gasteiger partial charge in [0.15, 0.2) is 0 Å². The average molecular weight is 316 g/mol. The predicted octanol–water partition coefficient (Wildman–Crippen LogP) is 3.54. The van der Waals surface area contributed by atoms with Gasteiger partial charge < -0.3 is 15.3 Å². The van der Waals surface area contributed by atoms with Gasteiger partial charge in [-0.25, -0.2) is 0 Å². The van der Waals surface area contributed by atoms with Gasteiger partial charge in [-0.3, -0.25) is 14.4 Å². The van der Waals surface area contributed by atoms with Gasteiger partial charge in [-0.2, -0.15) is 0 Å². The van der Waals surface area contributed by atoms with Gasteiger partial charge in [-0.05, 0) is 32.6 Å². The summed E-state index contributed by atoms with van der Waals surface area (Å²) in [4.78, 5) is 32.2. The first-order chi connectivity index (χ1) is 10.3. The van der Waals surface area contributed by atoms with Crippen molar-refractivity contribution in [2.75, 3.05) is 0 Å². The van der Waals surface area contributed by atoms with Crippen molar-refractivity contribution in [1.82, 2.24) is 0 Å². The van der Waals surface area contributed by atoms with Gasteiger partial charge in [-0.1, -0.05) is 32.1 Å². The minimum absolute atomic E-state index is 0.132. The van der Waals surface area contributed by atoms with E-state index in [-0.39, 0.29) is 12.8 Å². The Balaban J connectivity index is 3.93. The van der Waals surface area contributed by atoms with Gasteiger partial charge in [0, 0.05) is 12.8 Å². The maximum Gasteiger partial charge on any atom is 0.309 e. The smallest absolute Gasteiger partial charge is 0.309 e. The van der Waals surface area contributed by atoms with Crippen LogP contribution in [0, 0.1) is 5.41 Å². The number of carbonyl (C=O) groups is 3. The molecule has 0 amide bonds. The van der Waals surface area contributed by atoms with E-state index in [9.17, 15) is 19.5 Å². The molecule has 0 aliphatic carbocycles. The summed E-state index contributed by atoms with van der Waals surface area (Å²) in [6.07, 6.45) is 6.52. The lowest BCUT2D eigenvalue weighted by atomic mass is 9.80. The Hall–Kier alpha value is -1.59. The van der Waals surface area contributed by atoms with Crippen molar-refractivity contribution in [3.8, 4) is 0 Å². The molecule has 0 fully saturated rings. The van der Waals surface area contributed by atoms with E-state index in [4.69, 9.17) is 10.2 Å². The second-order valence-corrected chi connectivity index (χ2v) is 6.13. The van der Waals surface area contributed by atoms with Crippen molar-refractivity contribution in [2.24, 2.45) is 5.41 Å². The first kappa shape index (κ1) is 20.4. The van der Waals surface area contributed by atoms with Gasteiger partial charge in [0.25, 0.3) is 0 Å². The largest absolute Gasteiger partial charge is 0.481 e. The maximum absolute atomic E-state index is 11.4. The summed E-state index contributed by atoms with van der Waals surface area (Å²) in [6, 6.07) is 0. The lowest BCUT2D eigenvalue weighted by molar-refractivity contribution is -0.149. The fourth-order valence-electron chi connectivity index (χ4n) is 2.45. The summed E-state index contributed by atoms with van der Waals surface area (Å²) >= 11 is 0. The minimum Gasteiger partial charge on any atom is -0.481 e. The monoisotopic (exact) mass is 316 g/mol. The quantitative estimate of drug-likeness (QED) is 0.423. The second-order valence-electron chi connectivity index (χ2n) is 6.13. The van der Waals surface area contributed by atoms with Crippen molar-refractivity contribution in [2.45, 2.75) is 77.6 Å². The zero-order valence-electron chi connectivity index (χ0n) is 13.3. The summed E-state index contributed by atoms with van der Waals surface area (Å²) < 4.78 is 0. The minimum atomic E-state index is -0.817. The molecular formula is C16H28O6. The van der Waals surface area contributed by atoms with E-state index in [0.29, 0.717) is 25.7 Å². The fourth-order valence-corrected chi connectivity index (χ4v) is 2.45. The van der Waals surface area contributed by atoms with Crippen LogP contribution >= 0.6 is 0 Å². The lowest BCUT2D eigenvalue weighted by Crippen LogP contribution is -2.27. The molecule has 0 saturated heterocycles. The molecule has 0 saturated carbocycles. The van der Waals surface area contributed by atoms with E-state index < -0.39 is 23.3 Å². The molecule has 6 heteroatoms. The Morgan fingerprint density at radius 2 is 1.05 bits per heavy atom. The number of carboxylic acids is 3. The molecule has 0 aliphatic heterocycles. The first-order valence-electron chi connectivity index (χ1n) is 7.95. The van der Waals surface area contributed by atoms with E-state index in [0.717, 1.165) is 32.1 Å². The topological polar surface area (TPSA) is 112 Å². The van der Waals surface area contributed by atoms with Crippen LogP contribution in [0.15, 0.2) is 0 Å². The molecule has 1 atom stereocenters. The standard InChI is InChI=1S/C16H28O6/c1-16(15(21)22,12-8-4-6-10-14(19)20)11-7-3-2-5-9-13(17)18/h2-12H2,1H3,(H,17,18)(H,19,20)(H,21,22). The Kier molecular flexibility index (Phi) is 10.2. The highest BCUT2D eigenvalue weighted by molar-refractivity contribution is 5.74. The number of hydrogen-bond donors (Lipinski definition) is 3. The molecule has 6 nitrogen and oxygen atoms in total. The zero-order valence-corrected chi connectivity index (χ0v) is 13.3. The van der Waals surface area contributed by atoms with E-state index in [1.165, 1.54) is 0 Å². The van der Waals surface area contributed by atoms with Crippen LogP contribution in [-0.4, -0.2) is 33.2 Å². The molecule has 0 radical (unpaired) electrons. The number of carboxylic acid groups (broad SMARTS) is 3. The maximum atomic E-state index is 11.4. The van der Waals surface area contributed by atoms with Gasteiger partial charge in [0.1, 0.15) is 0 Å². The van der Waals surface area contributed by atoms with Crippen LogP contribution in [0.4, 0.5) is 0 Å². The Labute approximate surface area is 131 Å². The highest BCUT2D eigenvalue weighted by Gasteiger charge is 2.31. The van der Waals surface area contributed by atoms with Crippen LogP contribution in [0.2, 0.25) is 0 Å². The third-order valence-corrected chi connectivity index (χ3v) is 4.00. The number of unbranched alkanes of at least 4 members (excludes halogenated alkanes) is 5. The van der Waals surface area contributed by atoms with Crippen molar-refractivity contribution in [3.05, 3.63) is 0 Å². The summed E-state index contributed by atoms with van der Waals surface area (Å²) in [5.41, 5.74) is -0.768. The van der Waals surface area contributed by atoms with E-state index in [1.807, 2.05) is 0 Å². The number of hydrogen-bond acceptors (Lipinski definition) is 3. The van der Waals surface area contributed by atoms with Gasteiger partial charge in [0.2, 0.25) is 0 Å². The van der Waals surface area contributed by atoms with Crippen molar-refractivity contribution >= 4 is 17.9 Å². The summed E-state index contributed by atoms with van der Waals surface area (Å²) in [5.74, 6) is -2.42. The molecule has 0 aromatic carbocycles. The third-order valence-electron chi connectivity index (χ3n) is 4.00. The second kappa shape index (κ2) is 11.0. The Morgan fingerprint density at radius 1 is 0.682 bits per heavy atom. The molecule has 0 bridgehead atoms. The Bertz CT molecular complexity index is 366. The summed E-state index contributed by atoms with van der Waals surface area (Å²) in [5, 5.41) is 26.5. The Morgan fingerprint density at radius 3 is 1.41 bits per heavy atom. The zero-order chi connectivity index (χ0) is 17.0. The molecular weight excluding hydrogens is 288 g/mol. The van der Waals surface area contributed by atoms with Crippen LogP contribution in [0.5, 0.6) is 0 Å². The summed E-state index contributed by atoms with van der Waals surface area (Å²) in [7, 11) is 0. The molecule has 0 heterocycles. The molecule has 0 spiro atoms. The lowest BCUT2D eigenvalue weighted by Gasteiger charge is -2.24. The number of rotatable bonds is 14. The number of aliphatic carboxylic acids is 3. The molecule has 0 aromatic rings. The van der Waals surface area contributed by atoms with Crippen LogP contribution in [0.3, 0.4) is 0 Å². The van der Waals surface area contributed by atoms with E-state index in [1.54, 1.807) is 6.92 Å². The van der Waals surface area contributed by atoms with Gasteiger partial charge >= 0.3 is 17.9 Å². The van der Waals surface area contributed by atoms with Crippen LogP contribution in [0.1, 0.15) is 77.6 Å². The van der Waals surface area contributed by atoms with Crippen molar-refractivity contribution in [1.29, 1.82) is 0 Å². The molecule has 1 unspecified atom stereocenters. The highest BCUT2D eigenvalue weighted by atomic mass is 16.4. The average Bonchev–Trinajstić information content (AvgIpc) is 2.41. The molecule has 0 aliphatic rings. The van der Waals surface area contributed by atoms with Crippen molar-refractivity contribution < 1.29 is 29.7 Å². The summed E-state index contributed by atoms with van der Waals surface area (Å²) in [6.45, 7) is 1.74. The molecule has 0 rings (SSSR count). The predicted molar refractivity (Wildman–Crippen MR) is 81.8 cm³/mol. The third kappa shape index (κ3) is 10.2. The van der Waals surface area contributed by atoms with Crippen LogP contribution in [0.25, 0.3) is 0 Å².